The summed E-state index contributed by atoms with van der Waals surface area (Å²) in [5.41, 5.74) is 4.42. The second-order valence-corrected chi connectivity index (χ2v) is 11.5. The van der Waals surface area contributed by atoms with Gasteiger partial charge in [0.05, 0.1) is 0 Å². The molecule has 34 heavy (non-hydrogen) atoms. The molecule has 0 saturated heterocycles. The van der Waals surface area contributed by atoms with Crippen molar-refractivity contribution in [3.05, 3.63) is 127 Å². The Morgan fingerprint density at radius 3 is 1.82 bits per heavy atom. The van der Waals surface area contributed by atoms with E-state index in [1.807, 2.05) is 36.4 Å². The summed E-state index contributed by atoms with van der Waals surface area (Å²) in [6.45, 7) is 0. The molecular formula is C32H21OP. The highest BCUT2D eigenvalue weighted by molar-refractivity contribution is 7.86. The topological polar surface area (TPSA) is 17.1 Å². The monoisotopic (exact) mass is 452 g/mol. The first-order chi connectivity index (χ1) is 16.8. The molecule has 160 valence electrons. The molecule has 1 unspecified atom stereocenters. The Hall–Kier alpha value is -3.93. The van der Waals surface area contributed by atoms with Crippen molar-refractivity contribution in [1.82, 2.24) is 0 Å². The maximum absolute atomic E-state index is 15.7. The van der Waals surface area contributed by atoms with Gasteiger partial charge in [-0.2, -0.15) is 0 Å². The van der Waals surface area contributed by atoms with E-state index in [4.69, 9.17) is 0 Å². The van der Waals surface area contributed by atoms with Gasteiger partial charge in [-0.05, 0) is 43.8 Å². The largest absolute Gasteiger partial charge is 0.309 e. The molecule has 1 atom stereocenters. The van der Waals surface area contributed by atoms with Crippen LogP contribution in [0.5, 0.6) is 0 Å². The number of hydrogen-bond donors (Lipinski definition) is 0. The van der Waals surface area contributed by atoms with Crippen LogP contribution < -0.4 is 15.9 Å². The molecule has 0 aromatic heterocycles. The Balaban J connectivity index is 1.79. The molecule has 1 aliphatic rings. The lowest BCUT2D eigenvalue weighted by molar-refractivity contribution is 0.593. The van der Waals surface area contributed by atoms with Crippen LogP contribution in [0.15, 0.2) is 127 Å². The van der Waals surface area contributed by atoms with E-state index in [0.717, 1.165) is 43.4 Å². The van der Waals surface area contributed by atoms with Gasteiger partial charge in [0.1, 0.15) is 0 Å². The maximum atomic E-state index is 15.7. The van der Waals surface area contributed by atoms with Gasteiger partial charge in [0, 0.05) is 15.9 Å². The third kappa shape index (κ3) is 2.59. The lowest BCUT2D eigenvalue weighted by Gasteiger charge is -2.23. The zero-order valence-electron chi connectivity index (χ0n) is 18.5. The zero-order valence-corrected chi connectivity index (χ0v) is 19.4. The minimum atomic E-state index is -3.20. The van der Waals surface area contributed by atoms with Crippen molar-refractivity contribution in [2.45, 2.75) is 0 Å². The third-order valence-electron chi connectivity index (χ3n) is 7.07. The normalized spacial score (nSPS) is 16.5. The Kier molecular flexibility index (Phi) is 4.19. The van der Waals surface area contributed by atoms with Gasteiger partial charge in [-0.15, -0.1) is 0 Å². The number of fused-ring (bicyclic) bond motifs is 9. The summed E-state index contributed by atoms with van der Waals surface area (Å²) in [5.74, 6) is 0. The standard InChI is InChI=1S/C32H21OP/c33-34(24-12-2-1-3-13-24)30-17-9-8-16-27(30)28-20-18-22-10-4-6-14-25(22)31(28)29-21-19-23-11-5-7-15-26(23)32(29)34/h1-21H. The van der Waals surface area contributed by atoms with Crippen molar-refractivity contribution >= 4 is 44.6 Å². The highest BCUT2D eigenvalue weighted by Gasteiger charge is 2.39. The molecule has 6 aromatic carbocycles. The van der Waals surface area contributed by atoms with Crippen LogP contribution in [-0.4, -0.2) is 0 Å². The summed E-state index contributed by atoms with van der Waals surface area (Å²) >= 11 is 0. The van der Waals surface area contributed by atoms with Crippen molar-refractivity contribution < 1.29 is 4.57 Å². The summed E-state index contributed by atoms with van der Waals surface area (Å²) in [6.07, 6.45) is 0. The number of benzene rings is 6. The SMILES string of the molecule is O=P1(c2ccccc2)c2ccccc2-c2ccc3ccccc3c2-c2ccc3ccccc3c21. The molecule has 0 fully saturated rings. The summed E-state index contributed by atoms with van der Waals surface area (Å²) in [5, 5.41) is 7.27. The average molecular weight is 452 g/mol. The van der Waals surface area contributed by atoms with E-state index in [1.165, 1.54) is 16.3 Å². The number of rotatable bonds is 1. The van der Waals surface area contributed by atoms with Crippen LogP contribution in [0.4, 0.5) is 0 Å². The molecule has 0 N–H and O–H groups in total. The molecule has 0 amide bonds. The summed E-state index contributed by atoms with van der Waals surface area (Å²) in [6, 6.07) is 43.9. The van der Waals surface area contributed by atoms with E-state index >= 15 is 4.57 Å². The van der Waals surface area contributed by atoms with Gasteiger partial charge in [-0.25, -0.2) is 0 Å². The maximum Gasteiger partial charge on any atom is 0.172 e. The molecule has 0 spiro atoms. The van der Waals surface area contributed by atoms with E-state index < -0.39 is 7.14 Å². The van der Waals surface area contributed by atoms with Crippen LogP contribution in [-0.2, 0) is 4.57 Å². The first-order valence-corrected chi connectivity index (χ1v) is 13.3. The quantitative estimate of drug-likeness (QED) is 0.239. The van der Waals surface area contributed by atoms with Crippen LogP contribution in [0.25, 0.3) is 43.8 Å². The smallest absolute Gasteiger partial charge is 0.172 e. The molecule has 0 aliphatic carbocycles. The highest BCUT2D eigenvalue weighted by atomic mass is 31.2. The van der Waals surface area contributed by atoms with Crippen LogP contribution >= 0.6 is 7.14 Å². The molecular weight excluding hydrogens is 431 g/mol. The molecule has 1 nitrogen and oxygen atoms in total. The highest BCUT2D eigenvalue weighted by Crippen LogP contribution is 2.54. The first-order valence-electron chi connectivity index (χ1n) is 11.6. The van der Waals surface area contributed by atoms with Crippen molar-refractivity contribution in [2.24, 2.45) is 0 Å². The first kappa shape index (κ1) is 19.5. The Labute approximate surface area is 198 Å². The Morgan fingerprint density at radius 2 is 1.03 bits per heavy atom. The third-order valence-corrected chi connectivity index (χ3v) is 10.3. The van der Waals surface area contributed by atoms with Crippen LogP contribution in [0.2, 0.25) is 0 Å². The van der Waals surface area contributed by atoms with Crippen LogP contribution in [0.3, 0.4) is 0 Å². The van der Waals surface area contributed by atoms with Gasteiger partial charge in [0.15, 0.2) is 7.14 Å². The van der Waals surface area contributed by atoms with Crippen molar-refractivity contribution in [2.75, 3.05) is 0 Å². The molecule has 0 saturated carbocycles. The van der Waals surface area contributed by atoms with Gasteiger partial charge in [-0.1, -0.05) is 127 Å². The van der Waals surface area contributed by atoms with Gasteiger partial charge in [0.2, 0.25) is 0 Å². The molecule has 7 rings (SSSR count). The van der Waals surface area contributed by atoms with Crippen LogP contribution in [0.1, 0.15) is 0 Å². The van der Waals surface area contributed by atoms with Gasteiger partial charge >= 0.3 is 0 Å². The molecule has 1 heterocycles. The Bertz CT molecular complexity index is 1780. The van der Waals surface area contributed by atoms with Gasteiger partial charge in [-0.3, -0.25) is 0 Å². The fraction of sp³-hybridized carbons (Fsp3) is 0. The van der Waals surface area contributed by atoms with Gasteiger partial charge < -0.3 is 4.57 Å². The fourth-order valence-corrected chi connectivity index (χ4v) is 8.85. The van der Waals surface area contributed by atoms with Crippen molar-refractivity contribution in [3.63, 3.8) is 0 Å². The van der Waals surface area contributed by atoms with Crippen LogP contribution in [0, 0.1) is 0 Å². The van der Waals surface area contributed by atoms with E-state index in [0.29, 0.717) is 0 Å². The fourth-order valence-electron chi connectivity index (χ4n) is 5.58. The molecule has 0 radical (unpaired) electrons. The minimum absolute atomic E-state index is 0.872. The predicted molar refractivity (Wildman–Crippen MR) is 145 cm³/mol. The molecule has 6 aromatic rings. The lowest BCUT2D eigenvalue weighted by Crippen LogP contribution is -2.26. The average Bonchev–Trinajstić information content (AvgIpc) is 3.01. The zero-order chi connectivity index (χ0) is 22.7. The second kappa shape index (κ2) is 7.29. The lowest BCUT2D eigenvalue weighted by atomic mass is 9.89. The summed E-state index contributed by atoms with van der Waals surface area (Å²) < 4.78 is 15.7. The minimum Gasteiger partial charge on any atom is -0.309 e. The molecule has 1 aliphatic heterocycles. The van der Waals surface area contributed by atoms with Crippen molar-refractivity contribution in [1.29, 1.82) is 0 Å². The Morgan fingerprint density at radius 1 is 0.441 bits per heavy atom. The van der Waals surface area contributed by atoms with E-state index in [9.17, 15) is 0 Å². The molecule has 2 heteroatoms. The van der Waals surface area contributed by atoms with E-state index in [1.54, 1.807) is 0 Å². The second-order valence-electron chi connectivity index (χ2n) is 8.85. The molecule has 0 bridgehead atoms. The predicted octanol–water partition coefficient (Wildman–Crippen LogP) is 7.28. The van der Waals surface area contributed by atoms with E-state index in [2.05, 4.69) is 91.0 Å². The number of hydrogen-bond acceptors (Lipinski definition) is 1. The van der Waals surface area contributed by atoms with Crippen molar-refractivity contribution in [3.8, 4) is 22.3 Å². The van der Waals surface area contributed by atoms with E-state index in [-0.39, 0.29) is 0 Å². The summed E-state index contributed by atoms with van der Waals surface area (Å²) in [7, 11) is -3.20. The summed E-state index contributed by atoms with van der Waals surface area (Å²) in [4.78, 5) is 0. The van der Waals surface area contributed by atoms with Gasteiger partial charge in [0.25, 0.3) is 0 Å².